The van der Waals surface area contributed by atoms with Gasteiger partial charge in [-0.3, -0.25) is 14.6 Å². The zero-order chi connectivity index (χ0) is 24.0. The lowest BCUT2D eigenvalue weighted by Crippen LogP contribution is -2.48. The number of fused-ring (bicyclic) bond motifs is 1. The highest BCUT2D eigenvalue weighted by molar-refractivity contribution is 6.35. The van der Waals surface area contributed by atoms with Crippen LogP contribution in [0.4, 0.5) is 5.69 Å². The monoisotopic (exact) mass is 491 g/mol. The van der Waals surface area contributed by atoms with Gasteiger partial charge in [-0.25, -0.2) is 5.01 Å². The van der Waals surface area contributed by atoms with Crippen molar-refractivity contribution in [2.45, 2.75) is 33.0 Å². The van der Waals surface area contributed by atoms with E-state index < -0.39 is 0 Å². The summed E-state index contributed by atoms with van der Waals surface area (Å²) in [6.45, 7) is 6.56. The average molecular weight is 492 g/mol. The molecular weight excluding hydrogens is 461 g/mol. The van der Waals surface area contributed by atoms with Crippen molar-refractivity contribution >= 4 is 40.7 Å². The SMILES string of the molecule is CC(C)NCCNC(=O)CN(CC(=O)N(C)N1Cc2ccccc2C1)c1cc(Cl)ccc1Cl. The van der Waals surface area contributed by atoms with Crippen molar-refractivity contribution in [3.63, 3.8) is 0 Å². The average Bonchev–Trinajstić information content (AvgIpc) is 3.21. The topological polar surface area (TPSA) is 67.9 Å². The van der Waals surface area contributed by atoms with E-state index in [1.165, 1.54) is 11.1 Å². The molecule has 0 spiro atoms. The molecule has 0 radical (unpaired) electrons. The molecule has 0 saturated carbocycles. The van der Waals surface area contributed by atoms with E-state index in [-0.39, 0.29) is 24.9 Å². The number of carbonyl (C=O) groups is 2. The van der Waals surface area contributed by atoms with Crippen LogP contribution < -0.4 is 15.5 Å². The fraction of sp³-hybridized carbons (Fsp3) is 0.417. The van der Waals surface area contributed by atoms with Crippen molar-refractivity contribution in [1.29, 1.82) is 0 Å². The molecule has 2 aromatic carbocycles. The minimum atomic E-state index is -0.194. The van der Waals surface area contributed by atoms with Gasteiger partial charge in [0.2, 0.25) is 5.91 Å². The number of benzene rings is 2. The minimum absolute atomic E-state index is 0.0124. The van der Waals surface area contributed by atoms with Crippen molar-refractivity contribution in [3.05, 3.63) is 63.6 Å². The maximum Gasteiger partial charge on any atom is 0.256 e. The van der Waals surface area contributed by atoms with Gasteiger partial charge in [-0.1, -0.05) is 61.3 Å². The third-order valence-electron chi connectivity index (χ3n) is 5.52. The van der Waals surface area contributed by atoms with Crippen LogP contribution in [0.3, 0.4) is 0 Å². The van der Waals surface area contributed by atoms with Gasteiger partial charge >= 0.3 is 0 Å². The fourth-order valence-electron chi connectivity index (χ4n) is 3.70. The van der Waals surface area contributed by atoms with Crippen LogP contribution in [0, 0.1) is 0 Å². The summed E-state index contributed by atoms with van der Waals surface area (Å²) < 4.78 is 0. The molecule has 178 valence electrons. The van der Waals surface area contributed by atoms with E-state index in [0.717, 1.165) is 0 Å². The van der Waals surface area contributed by atoms with Gasteiger partial charge in [-0.05, 0) is 29.3 Å². The number of nitrogens with one attached hydrogen (secondary N) is 2. The molecule has 1 aliphatic heterocycles. The molecule has 0 saturated heterocycles. The van der Waals surface area contributed by atoms with Crippen molar-refractivity contribution in [2.75, 3.05) is 38.1 Å². The van der Waals surface area contributed by atoms with Crippen LogP contribution in [-0.2, 0) is 22.7 Å². The van der Waals surface area contributed by atoms with Crippen molar-refractivity contribution < 1.29 is 9.59 Å². The predicted molar refractivity (Wildman–Crippen MR) is 133 cm³/mol. The van der Waals surface area contributed by atoms with E-state index in [1.54, 1.807) is 35.2 Å². The number of rotatable bonds is 10. The minimum Gasteiger partial charge on any atom is -0.353 e. The quantitative estimate of drug-likeness (QED) is 0.499. The fourth-order valence-corrected chi connectivity index (χ4v) is 4.10. The van der Waals surface area contributed by atoms with E-state index in [1.807, 2.05) is 31.0 Å². The van der Waals surface area contributed by atoms with Gasteiger partial charge in [0.25, 0.3) is 5.91 Å². The molecule has 7 nitrogen and oxygen atoms in total. The van der Waals surface area contributed by atoms with E-state index in [0.29, 0.717) is 48.0 Å². The number of amides is 2. The molecule has 0 atom stereocenters. The van der Waals surface area contributed by atoms with Crippen molar-refractivity contribution in [2.24, 2.45) is 0 Å². The Balaban J connectivity index is 1.68. The van der Waals surface area contributed by atoms with Crippen LogP contribution in [0.15, 0.2) is 42.5 Å². The number of halogens is 2. The standard InChI is InChI=1S/C24H31Cl2N5O2/c1-17(2)27-10-11-28-23(32)15-30(22-12-20(25)8-9-21(22)26)16-24(33)29(3)31-13-18-6-4-5-7-19(18)14-31/h4-9,12,17,27H,10-11,13-16H2,1-3H3,(H,28,32). The van der Waals surface area contributed by atoms with E-state index in [9.17, 15) is 9.59 Å². The van der Waals surface area contributed by atoms with Crippen LogP contribution in [0.5, 0.6) is 0 Å². The molecule has 0 fully saturated rings. The summed E-state index contributed by atoms with van der Waals surface area (Å²) in [5.74, 6) is -0.339. The van der Waals surface area contributed by atoms with Crippen molar-refractivity contribution in [1.82, 2.24) is 20.7 Å². The second kappa shape index (κ2) is 11.7. The van der Waals surface area contributed by atoms with E-state index in [4.69, 9.17) is 23.2 Å². The third-order valence-corrected chi connectivity index (χ3v) is 6.07. The Bertz CT molecular complexity index is 960. The first-order chi connectivity index (χ1) is 15.7. The molecule has 0 bridgehead atoms. The first-order valence-corrected chi connectivity index (χ1v) is 11.8. The number of hydrazine groups is 1. The first kappa shape index (κ1) is 25.3. The molecular formula is C24H31Cl2N5O2. The molecule has 0 aliphatic carbocycles. The van der Waals surface area contributed by atoms with Crippen LogP contribution in [0.25, 0.3) is 0 Å². The Labute approximate surface area is 205 Å². The Morgan fingerprint density at radius 2 is 1.70 bits per heavy atom. The molecule has 2 N–H and O–H groups in total. The Morgan fingerprint density at radius 3 is 2.33 bits per heavy atom. The number of likely N-dealkylation sites (N-methyl/N-ethyl adjacent to an activating group) is 1. The molecule has 2 amide bonds. The number of carbonyl (C=O) groups excluding carboxylic acids is 2. The van der Waals surface area contributed by atoms with Crippen LogP contribution >= 0.6 is 23.2 Å². The molecule has 0 aromatic heterocycles. The zero-order valence-corrected chi connectivity index (χ0v) is 20.8. The zero-order valence-electron chi connectivity index (χ0n) is 19.3. The van der Waals surface area contributed by atoms with Gasteiger partial charge < -0.3 is 15.5 Å². The van der Waals surface area contributed by atoms with Gasteiger partial charge in [-0.15, -0.1) is 0 Å². The second-order valence-electron chi connectivity index (χ2n) is 8.42. The highest BCUT2D eigenvalue weighted by Gasteiger charge is 2.27. The largest absolute Gasteiger partial charge is 0.353 e. The van der Waals surface area contributed by atoms with Crippen molar-refractivity contribution in [3.8, 4) is 0 Å². The van der Waals surface area contributed by atoms with Gasteiger partial charge in [0.15, 0.2) is 0 Å². The summed E-state index contributed by atoms with van der Waals surface area (Å²) in [6, 6.07) is 13.5. The number of hydrogen-bond donors (Lipinski definition) is 2. The number of hydrogen-bond acceptors (Lipinski definition) is 5. The lowest BCUT2D eigenvalue weighted by atomic mass is 10.1. The molecule has 0 unspecified atom stereocenters. The number of anilines is 1. The predicted octanol–water partition coefficient (Wildman–Crippen LogP) is 3.30. The highest BCUT2D eigenvalue weighted by Crippen LogP contribution is 2.29. The highest BCUT2D eigenvalue weighted by atomic mass is 35.5. The van der Waals surface area contributed by atoms with E-state index in [2.05, 4.69) is 22.8 Å². The van der Waals surface area contributed by atoms with Gasteiger partial charge in [0.05, 0.1) is 23.8 Å². The lowest BCUT2D eigenvalue weighted by molar-refractivity contribution is -0.145. The normalized spacial score (nSPS) is 13.2. The van der Waals surface area contributed by atoms with Gasteiger partial charge in [0.1, 0.15) is 0 Å². The smallest absolute Gasteiger partial charge is 0.256 e. The number of nitrogens with zero attached hydrogens (tertiary/aromatic N) is 3. The summed E-state index contributed by atoms with van der Waals surface area (Å²) in [4.78, 5) is 27.5. The molecule has 3 rings (SSSR count). The molecule has 9 heteroatoms. The lowest BCUT2D eigenvalue weighted by Gasteiger charge is -2.31. The van der Waals surface area contributed by atoms with Crippen LogP contribution in [0.1, 0.15) is 25.0 Å². The Kier molecular flexibility index (Phi) is 8.97. The summed E-state index contributed by atoms with van der Waals surface area (Å²) in [6.07, 6.45) is 0. The second-order valence-corrected chi connectivity index (χ2v) is 9.26. The molecule has 1 heterocycles. The maximum atomic E-state index is 13.2. The molecule has 33 heavy (non-hydrogen) atoms. The van der Waals surface area contributed by atoms with Gasteiger partial charge in [-0.2, -0.15) is 0 Å². The Morgan fingerprint density at radius 1 is 1.03 bits per heavy atom. The molecule has 1 aliphatic rings. The summed E-state index contributed by atoms with van der Waals surface area (Å²) >= 11 is 12.6. The van der Waals surface area contributed by atoms with E-state index >= 15 is 0 Å². The summed E-state index contributed by atoms with van der Waals surface area (Å²) in [5, 5.41) is 10.7. The first-order valence-electron chi connectivity index (χ1n) is 11.0. The van der Waals surface area contributed by atoms with Crippen LogP contribution in [-0.4, -0.2) is 61.1 Å². The Hall–Kier alpha value is -2.32. The van der Waals surface area contributed by atoms with Crippen LogP contribution in [0.2, 0.25) is 10.0 Å². The third kappa shape index (κ3) is 7.08. The summed E-state index contributed by atoms with van der Waals surface area (Å²) in [7, 11) is 1.75. The van der Waals surface area contributed by atoms with Gasteiger partial charge in [0, 0.05) is 44.3 Å². The maximum absolute atomic E-state index is 13.2. The summed E-state index contributed by atoms with van der Waals surface area (Å²) in [5.41, 5.74) is 2.97. The molecule has 2 aromatic rings.